The third-order valence-electron chi connectivity index (χ3n) is 3.95. The lowest BCUT2D eigenvalue weighted by Crippen LogP contribution is -2.26. The summed E-state index contributed by atoms with van der Waals surface area (Å²) in [5, 5.41) is 3.49. The van der Waals surface area contributed by atoms with Crippen LogP contribution in [0.15, 0.2) is 24.3 Å². The van der Waals surface area contributed by atoms with Crippen molar-refractivity contribution in [3.63, 3.8) is 0 Å². The highest BCUT2D eigenvalue weighted by molar-refractivity contribution is 5.54. The number of para-hydroxylation sites is 1. The van der Waals surface area contributed by atoms with Gasteiger partial charge in [-0.3, -0.25) is 0 Å². The molecule has 1 unspecified atom stereocenters. The van der Waals surface area contributed by atoms with Gasteiger partial charge in [-0.2, -0.15) is 0 Å². The topological polar surface area (TPSA) is 24.5 Å². The fourth-order valence-electron chi connectivity index (χ4n) is 2.47. The molecule has 1 N–H and O–H groups in total. The minimum absolute atomic E-state index is 0.381. The van der Waals surface area contributed by atoms with Crippen molar-refractivity contribution in [2.75, 3.05) is 38.3 Å². The zero-order chi connectivity index (χ0) is 14.4. The predicted molar refractivity (Wildman–Crippen MR) is 85.3 cm³/mol. The molecule has 0 aromatic heterocycles. The molecule has 0 amide bonds. The number of likely N-dealkylation sites (N-methyl/N-ethyl adjacent to an activating group) is 1. The van der Waals surface area contributed by atoms with Crippen LogP contribution in [0, 0.1) is 5.92 Å². The van der Waals surface area contributed by atoms with Crippen LogP contribution in [0.25, 0.3) is 0 Å². The summed E-state index contributed by atoms with van der Waals surface area (Å²) >= 11 is 0. The molecule has 3 nitrogen and oxygen atoms in total. The second-order valence-corrected chi connectivity index (χ2v) is 5.78. The van der Waals surface area contributed by atoms with Gasteiger partial charge < -0.3 is 15.0 Å². The smallest absolute Gasteiger partial charge is 0.0641 e. The number of hydrogen-bond acceptors (Lipinski definition) is 3. The molecule has 2 rings (SSSR count). The first-order chi connectivity index (χ1) is 9.72. The lowest BCUT2D eigenvalue weighted by Gasteiger charge is -2.25. The Morgan fingerprint density at radius 3 is 2.80 bits per heavy atom. The Balaban J connectivity index is 1.88. The van der Waals surface area contributed by atoms with Crippen molar-refractivity contribution in [3.05, 3.63) is 29.8 Å². The number of rotatable bonds is 9. The Morgan fingerprint density at radius 2 is 2.10 bits per heavy atom. The third-order valence-corrected chi connectivity index (χ3v) is 3.95. The lowest BCUT2D eigenvalue weighted by molar-refractivity contribution is 0.131. The fourth-order valence-corrected chi connectivity index (χ4v) is 2.47. The summed E-state index contributed by atoms with van der Waals surface area (Å²) in [6.45, 7) is 8.07. The molecule has 20 heavy (non-hydrogen) atoms. The molecule has 0 saturated heterocycles. The molecule has 1 atom stereocenters. The quantitative estimate of drug-likeness (QED) is 0.701. The summed E-state index contributed by atoms with van der Waals surface area (Å²) in [6, 6.07) is 9.02. The van der Waals surface area contributed by atoms with Crippen molar-refractivity contribution in [1.82, 2.24) is 5.32 Å². The number of ether oxygens (including phenoxy) is 1. The van der Waals surface area contributed by atoms with Gasteiger partial charge in [0.2, 0.25) is 0 Å². The third kappa shape index (κ3) is 4.50. The summed E-state index contributed by atoms with van der Waals surface area (Å²) in [5.74, 6) is 0.848. The predicted octanol–water partition coefficient (Wildman–Crippen LogP) is 3.22. The number of anilines is 1. The molecular weight excluding hydrogens is 248 g/mol. The summed E-state index contributed by atoms with van der Waals surface area (Å²) in [5.41, 5.74) is 2.66. The standard InChI is InChI=1S/C17H28N2O/c1-4-18-14(2)16-7-5-6-8-17(16)19(3)11-12-20-13-15-9-10-15/h5-8,14-15,18H,4,9-13H2,1-3H3. The first-order valence-corrected chi connectivity index (χ1v) is 7.83. The lowest BCUT2D eigenvalue weighted by atomic mass is 10.1. The van der Waals surface area contributed by atoms with Crippen molar-refractivity contribution in [2.45, 2.75) is 32.7 Å². The molecule has 0 aliphatic heterocycles. The van der Waals surface area contributed by atoms with Gasteiger partial charge in [0.15, 0.2) is 0 Å². The van der Waals surface area contributed by atoms with Gasteiger partial charge >= 0.3 is 0 Å². The summed E-state index contributed by atoms with van der Waals surface area (Å²) in [4.78, 5) is 2.30. The molecular formula is C17H28N2O. The zero-order valence-corrected chi connectivity index (χ0v) is 13.1. The number of benzene rings is 1. The summed E-state index contributed by atoms with van der Waals surface area (Å²) in [7, 11) is 2.15. The van der Waals surface area contributed by atoms with E-state index in [2.05, 4.69) is 55.4 Å². The maximum Gasteiger partial charge on any atom is 0.0641 e. The Morgan fingerprint density at radius 1 is 1.35 bits per heavy atom. The van der Waals surface area contributed by atoms with Crippen LogP contribution in [0.1, 0.15) is 38.3 Å². The molecule has 0 radical (unpaired) electrons. The van der Waals surface area contributed by atoms with E-state index in [1.54, 1.807) is 0 Å². The van der Waals surface area contributed by atoms with E-state index in [0.717, 1.165) is 32.2 Å². The second-order valence-electron chi connectivity index (χ2n) is 5.78. The van der Waals surface area contributed by atoms with Gasteiger partial charge in [0, 0.05) is 31.9 Å². The van der Waals surface area contributed by atoms with E-state index in [4.69, 9.17) is 4.74 Å². The van der Waals surface area contributed by atoms with Crippen molar-refractivity contribution in [1.29, 1.82) is 0 Å². The Kier molecular flexibility index (Phi) is 5.86. The molecule has 1 fully saturated rings. The van der Waals surface area contributed by atoms with E-state index in [9.17, 15) is 0 Å². The molecule has 1 aliphatic carbocycles. The molecule has 3 heteroatoms. The van der Waals surface area contributed by atoms with E-state index < -0.39 is 0 Å². The van der Waals surface area contributed by atoms with Crippen molar-refractivity contribution >= 4 is 5.69 Å². The van der Waals surface area contributed by atoms with Crippen LogP contribution >= 0.6 is 0 Å². The average molecular weight is 276 g/mol. The van der Waals surface area contributed by atoms with Crippen LogP contribution in [0.4, 0.5) is 5.69 Å². The van der Waals surface area contributed by atoms with E-state index in [1.807, 2.05) is 0 Å². The van der Waals surface area contributed by atoms with Gasteiger partial charge in [0.05, 0.1) is 6.61 Å². The van der Waals surface area contributed by atoms with E-state index in [-0.39, 0.29) is 0 Å². The highest BCUT2D eigenvalue weighted by Gasteiger charge is 2.21. The zero-order valence-electron chi connectivity index (χ0n) is 13.1. The van der Waals surface area contributed by atoms with Gasteiger partial charge in [-0.25, -0.2) is 0 Å². The van der Waals surface area contributed by atoms with Crippen molar-refractivity contribution in [2.24, 2.45) is 5.92 Å². The number of hydrogen-bond donors (Lipinski definition) is 1. The Labute approximate surface area is 123 Å². The minimum Gasteiger partial charge on any atom is -0.379 e. The first-order valence-electron chi connectivity index (χ1n) is 7.83. The second kappa shape index (κ2) is 7.65. The molecule has 112 valence electrons. The van der Waals surface area contributed by atoms with Gasteiger partial charge in [-0.05, 0) is 43.9 Å². The minimum atomic E-state index is 0.381. The number of nitrogens with one attached hydrogen (secondary N) is 1. The van der Waals surface area contributed by atoms with Crippen LogP contribution in [0.2, 0.25) is 0 Å². The fraction of sp³-hybridized carbons (Fsp3) is 0.647. The molecule has 1 aromatic rings. The van der Waals surface area contributed by atoms with Crippen molar-refractivity contribution < 1.29 is 4.74 Å². The molecule has 0 spiro atoms. The van der Waals surface area contributed by atoms with Crippen LogP contribution in [0.5, 0.6) is 0 Å². The van der Waals surface area contributed by atoms with Crippen LogP contribution in [0.3, 0.4) is 0 Å². The SMILES string of the molecule is CCNC(C)c1ccccc1N(C)CCOCC1CC1. The van der Waals surface area contributed by atoms with E-state index in [0.29, 0.717) is 6.04 Å². The van der Waals surface area contributed by atoms with Crippen LogP contribution in [-0.2, 0) is 4.74 Å². The Bertz CT molecular complexity index is 404. The normalized spacial score (nSPS) is 16.1. The monoisotopic (exact) mass is 276 g/mol. The Hall–Kier alpha value is -1.06. The summed E-state index contributed by atoms with van der Waals surface area (Å²) in [6.07, 6.45) is 2.72. The van der Waals surface area contributed by atoms with Gasteiger partial charge in [0.1, 0.15) is 0 Å². The number of nitrogens with zero attached hydrogens (tertiary/aromatic N) is 1. The maximum atomic E-state index is 5.74. The van der Waals surface area contributed by atoms with E-state index in [1.165, 1.54) is 24.1 Å². The first kappa shape index (κ1) is 15.3. The highest BCUT2D eigenvalue weighted by atomic mass is 16.5. The van der Waals surface area contributed by atoms with Crippen LogP contribution in [-0.4, -0.2) is 33.4 Å². The van der Waals surface area contributed by atoms with Crippen molar-refractivity contribution in [3.8, 4) is 0 Å². The average Bonchev–Trinajstić information content (AvgIpc) is 3.28. The summed E-state index contributed by atoms with van der Waals surface area (Å²) < 4.78 is 5.74. The molecule has 0 heterocycles. The van der Waals surface area contributed by atoms with Gasteiger partial charge in [-0.15, -0.1) is 0 Å². The van der Waals surface area contributed by atoms with Gasteiger partial charge in [0.25, 0.3) is 0 Å². The molecule has 1 saturated carbocycles. The largest absolute Gasteiger partial charge is 0.379 e. The molecule has 1 aliphatic rings. The molecule has 1 aromatic carbocycles. The van der Waals surface area contributed by atoms with Gasteiger partial charge in [-0.1, -0.05) is 25.1 Å². The highest BCUT2D eigenvalue weighted by Crippen LogP contribution is 2.29. The molecule has 0 bridgehead atoms. The van der Waals surface area contributed by atoms with Crippen LogP contribution < -0.4 is 10.2 Å². The van der Waals surface area contributed by atoms with E-state index >= 15 is 0 Å². The maximum absolute atomic E-state index is 5.74.